The van der Waals surface area contributed by atoms with Gasteiger partial charge in [0.15, 0.2) is 0 Å². The van der Waals surface area contributed by atoms with Gasteiger partial charge in [0.05, 0.1) is 6.04 Å². The lowest BCUT2D eigenvalue weighted by atomic mass is 10.0. The maximum Gasteiger partial charge on any atom is 0.244 e. The van der Waals surface area contributed by atoms with Gasteiger partial charge in [-0.2, -0.15) is 0 Å². The zero-order chi connectivity index (χ0) is 14.0. The molecule has 3 nitrogen and oxygen atoms in total. The highest BCUT2D eigenvalue weighted by molar-refractivity contribution is 5.99. The molecule has 1 amide bonds. The molecule has 3 heteroatoms. The molecule has 19 heavy (non-hydrogen) atoms. The molecule has 1 N–H and O–H groups in total. The van der Waals surface area contributed by atoms with Crippen LogP contribution in [0.15, 0.2) is 24.3 Å². The Labute approximate surface area is 116 Å². The van der Waals surface area contributed by atoms with E-state index < -0.39 is 0 Å². The van der Waals surface area contributed by atoms with Gasteiger partial charge >= 0.3 is 0 Å². The van der Waals surface area contributed by atoms with Crippen molar-refractivity contribution in [3.63, 3.8) is 0 Å². The molecule has 2 rings (SSSR count). The van der Waals surface area contributed by atoms with Crippen LogP contribution in [0.3, 0.4) is 0 Å². The molecule has 0 aromatic heterocycles. The molecule has 1 aromatic rings. The van der Waals surface area contributed by atoms with Gasteiger partial charge in [0, 0.05) is 18.3 Å². The van der Waals surface area contributed by atoms with Crippen LogP contribution in [0.1, 0.15) is 45.6 Å². The molecule has 1 heterocycles. The van der Waals surface area contributed by atoms with Crippen molar-refractivity contribution in [3.8, 4) is 0 Å². The Morgan fingerprint density at radius 1 is 1.16 bits per heavy atom. The van der Waals surface area contributed by atoms with Crippen molar-refractivity contribution in [2.75, 3.05) is 11.4 Å². The van der Waals surface area contributed by atoms with Crippen molar-refractivity contribution in [1.29, 1.82) is 0 Å². The van der Waals surface area contributed by atoms with E-state index in [0.29, 0.717) is 12.0 Å². The molecular formula is C16H24N2O. The van der Waals surface area contributed by atoms with Crippen molar-refractivity contribution < 1.29 is 4.79 Å². The number of rotatable bonds is 4. The number of hydrogen-bond acceptors (Lipinski definition) is 2. The van der Waals surface area contributed by atoms with Gasteiger partial charge in [-0.05, 0) is 30.0 Å². The summed E-state index contributed by atoms with van der Waals surface area (Å²) >= 11 is 0. The van der Waals surface area contributed by atoms with E-state index in [9.17, 15) is 4.79 Å². The highest BCUT2D eigenvalue weighted by Crippen LogP contribution is 2.24. The molecule has 1 saturated heterocycles. The Bertz CT molecular complexity index is 437. The number of carbonyl (C=O) groups excluding carboxylic acids is 1. The summed E-state index contributed by atoms with van der Waals surface area (Å²) in [4.78, 5) is 14.2. The fourth-order valence-electron chi connectivity index (χ4n) is 2.53. The average Bonchev–Trinajstić information content (AvgIpc) is 2.70. The summed E-state index contributed by atoms with van der Waals surface area (Å²) in [6, 6.07) is 8.69. The van der Waals surface area contributed by atoms with E-state index in [1.807, 2.05) is 4.90 Å². The average molecular weight is 260 g/mol. The maximum atomic E-state index is 12.3. The molecular weight excluding hydrogens is 236 g/mol. The molecule has 1 atom stereocenters. The van der Waals surface area contributed by atoms with E-state index >= 15 is 0 Å². The summed E-state index contributed by atoms with van der Waals surface area (Å²) < 4.78 is 0. The van der Waals surface area contributed by atoms with Crippen molar-refractivity contribution >= 4 is 11.6 Å². The van der Waals surface area contributed by atoms with Crippen molar-refractivity contribution in [3.05, 3.63) is 29.8 Å². The second-order valence-corrected chi connectivity index (χ2v) is 5.90. The lowest BCUT2D eigenvalue weighted by molar-refractivity contribution is -0.118. The van der Waals surface area contributed by atoms with E-state index in [-0.39, 0.29) is 11.9 Å². The first-order valence-corrected chi connectivity index (χ1v) is 7.16. The third-order valence-electron chi connectivity index (χ3n) is 3.61. The fraction of sp³-hybridized carbons (Fsp3) is 0.562. The second kappa shape index (κ2) is 5.74. The summed E-state index contributed by atoms with van der Waals surface area (Å²) in [5.41, 5.74) is 2.33. The molecule has 1 aliphatic rings. The zero-order valence-electron chi connectivity index (χ0n) is 12.3. The second-order valence-electron chi connectivity index (χ2n) is 5.90. The number of amides is 1. The Kier molecular flexibility index (Phi) is 4.25. The first-order valence-electron chi connectivity index (χ1n) is 7.16. The number of nitrogens with zero attached hydrogens (tertiary/aromatic N) is 1. The summed E-state index contributed by atoms with van der Waals surface area (Å²) in [5.74, 6) is 0.727. The molecule has 1 aliphatic heterocycles. The first kappa shape index (κ1) is 14.1. The van der Waals surface area contributed by atoms with Crippen LogP contribution < -0.4 is 10.2 Å². The predicted molar refractivity (Wildman–Crippen MR) is 79.6 cm³/mol. The highest BCUT2D eigenvalue weighted by atomic mass is 16.2. The first-order chi connectivity index (χ1) is 8.99. The maximum absolute atomic E-state index is 12.3. The molecule has 104 valence electrons. The van der Waals surface area contributed by atoms with E-state index in [2.05, 4.69) is 57.3 Å². The van der Waals surface area contributed by atoms with Crippen LogP contribution in [0.25, 0.3) is 0 Å². The minimum Gasteiger partial charge on any atom is -0.311 e. The number of anilines is 1. The fourth-order valence-corrected chi connectivity index (χ4v) is 2.53. The Morgan fingerprint density at radius 2 is 1.79 bits per heavy atom. The monoisotopic (exact) mass is 260 g/mol. The van der Waals surface area contributed by atoms with Crippen LogP contribution >= 0.6 is 0 Å². The zero-order valence-corrected chi connectivity index (χ0v) is 12.3. The minimum atomic E-state index is -0.0234. The van der Waals surface area contributed by atoms with Crippen LogP contribution in [-0.2, 0) is 4.79 Å². The quantitative estimate of drug-likeness (QED) is 0.902. The normalized spacial score (nSPS) is 19.8. The topological polar surface area (TPSA) is 32.3 Å². The van der Waals surface area contributed by atoms with Crippen molar-refractivity contribution in [2.24, 2.45) is 0 Å². The Morgan fingerprint density at radius 3 is 2.32 bits per heavy atom. The largest absolute Gasteiger partial charge is 0.311 e. The molecule has 1 fully saturated rings. The minimum absolute atomic E-state index is 0.0234. The van der Waals surface area contributed by atoms with Gasteiger partial charge in [0.2, 0.25) is 5.91 Å². The van der Waals surface area contributed by atoms with Gasteiger partial charge in [-0.25, -0.2) is 0 Å². The van der Waals surface area contributed by atoms with E-state index in [4.69, 9.17) is 0 Å². The lowest BCUT2D eigenvalue weighted by Gasteiger charge is -2.19. The third-order valence-corrected chi connectivity index (χ3v) is 3.61. The van der Waals surface area contributed by atoms with Crippen LogP contribution in [0.4, 0.5) is 5.69 Å². The summed E-state index contributed by atoms with van der Waals surface area (Å²) in [6.07, 6.45) is 0.892. The molecule has 1 aromatic carbocycles. The molecule has 0 saturated carbocycles. The number of hydrogen-bond donors (Lipinski definition) is 1. The standard InChI is InChI=1S/C16H24N2O/c1-11(2)13-5-7-14(8-6-13)18-10-9-15(16(18)19)17-12(3)4/h5-8,11-12,15,17H,9-10H2,1-4H3. The number of carbonyl (C=O) groups is 1. The summed E-state index contributed by atoms with van der Waals surface area (Å²) in [7, 11) is 0. The molecule has 0 aliphatic carbocycles. The Balaban J connectivity index is 2.09. The van der Waals surface area contributed by atoms with Gasteiger partial charge in [-0.1, -0.05) is 39.8 Å². The van der Waals surface area contributed by atoms with Crippen LogP contribution in [0.5, 0.6) is 0 Å². The van der Waals surface area contributed by atoms with Crippen LogP contribution in [-0.4, -0.2) is 24.5 Å². The molecule has 0 bridgehead atoms. The molecule has 1 unspecified atom stereocenters. The van der Waals surface area contributed by atoms with Crippen molar-refractivity contribution in [1.82, 2.24) is 5.32 Å². The highest BCUT2D eigenvalue weighted by Gasteiger charge is 2.32. The van der Waals surface area contributed by atoms with Gasteiger partial charge < -0.3 is 10.2 Å². The molecule has 0 radical (unpaired) electrons. The van der Waals surface area contributed by atoms with Gasteiger partial charge in [-0.3, -0.25) is 4.79 Å². The number of nitrogens with one attached hydrogen (secondary N) is 1. The van der Waals surface area contributed by atoms with Crippen LogP contribution in [0.2, 0.25) is 0 Å². The summed E-state index contributed by atoms with van der Waals surface area (Å²) in [5, 5.41) is 3.33. The predicted octanol–water partition coefficient (Wildman–Crippen LogP) is 2.91. The van der Waals surface area contributed by atoms with Crippen molar-refractivity contribution in [2.45, 2.75) is 52.1 Å². The third kappa shape index (κ3) is 3.16. The van der Waals surface area contributed by atoms with E-state index in [1.54, 1.807) is 0 Å². The van der Waals surface area contributed by atoms with Gasteiger partial charge in [0.1, 0.15) is 0 Å². The smallest absolute Gasteiger partial charge is 0.244 e. The van der Waals surface area contributed by atoms with Gasteiger partial charge in [-0.15, -0.1) is 0 Å². The number of benzene rings is 1. The van der Waals surface area contributed by atoms with Gasteiger partial charge in [0.25, 0.3) is 0 Å². The summed E-state index contributed by atoms with van der Waals surface area (Å²) in [6.45, 7) is 9.32. The molecule has 0 spiro atoms. The van der Waals surface area contributed by atoms with Crippen LogP contribution in [0, 0.1) is 0 Å². The Hall–Kier alpha value is -1.35. The van der Waals surface area contributed by atoms with E-state index in [1.165, 1.54) is 5.56 Å². The van der Waals surface area contributed by atoms with E-state index in [0.717, 1.165) is 18.7 Å². The lowest BCUT2D eigenvalue weighted by Crippen LogP contribution is -2.41. The SMILES string of the molecule is CC(C)NC1CCN(c2ccc(C(C)C)cc2)C1=O.